The third kappa shape index (κ3) is 1.84. The van der Waals surface area contributed by atoms with Gasteiger partial charge in [0.1, 0.15) is 0 Å². The predicted octanol–water partition coefficient (Wildman–Crippen LogP) is 3.16. The van der Waals surface area contributed by atoms with Crippen molar-refractivity contribution in [2.24, 2.45) is 4.36 Å². The van der Waals surface area contributed by atoms with Crippen LogP contribution in [-0.2, 0) is 9.73 Å². The van der Waals surface area contributed by atoms with Crippen LogP contribution < -0.4 is 0 Å². The van der Waals surface area contributed by atoms with E-state index in [1.807, 2.05) is 24.3 Å². The molecule has 1 unspecified atom stereocenters. The summed E-state index contributed by atoms with van der Waals surface area (Å²) in [6.45, 7) is 0. The van der Waals surface area contributed by atoms with Crippen LogP contribution in [0.5, 0.6) is 0 Å². The number of fused-ring (bicyclic) bond motifs is 1. The highest BCUT2D eigenvalue weighted by Crippen LogP contribution is 2.29. The molecule has 0 radical (unpaired) electrons. The van der Waals surface area contributed by atoms with Gasteiger partial charge in [0.15, 0.2) is 0 Å². The van der Waals surface area contributed by atoms with Crippen molar-refractivity contribution >= 4 is 37.4 Å². The van der Waals surface area contributed by atoms with Crippen LogP contribution in [0.25, 0.3) is 6.08 Å². The first-order chi connectivity index (χ1) is 6.07. The molecule has 0 aliphatic carbocycles. The summed E-state index contributed by atoms with van der Waals surface area (Å²) in [7, 11) is -2.13. The maximum absolute atomic E-state index is 11.6. The second kappa shape index (κ2) is 2.96. The van der Waals surface area contributed by atoms with Gasteiger partial charge >= 0.3 is 0 Å². The lowest BCUT2D eigenvalue weighted by molar-refractivity contribution is 0.686. The van der Waals surface area contributed by atoms with Crippen LogP contribution in [0.15, 0.2) is 32.4 Å². The Hall–Kier alpha value is -0.610. The highest BCUT2D eigenvalue weighted by atomic mass is 79.9. The first kappa shape index (κ1) is 8.97. The summed E-state index contributed by atoms with van der Waals surface area (Å²) in [6.07, 6.45) is 3.49. The Morgan fingerprint density at radius 1 is 1.46 bits per heavy atom. The molecule has 1 aliphatic rings. The summed E-state index contributed by atoms with van der Waals surface area (Å²) in [6, 6.07) is 5.73. The monoisotopic (exact) mass is 257 g/mol. The van der Waals surface area contributed by atoms with E-state index in [9.17, 15) is 4.21 Å². The van der Waals surface area contributed by atoms with Crippen LogP contribution >= 0.6 is 15.9 Å². The van der Waals surface area contributed by atoms with Gasteiger partial charge in [-0.2, -0.15) is 4.36 Å². The zero-order valence-corrected chi connectivity index (χ0v) is 9.43. The number of benzene rings is 1. The van der Waals surface area contributed by atoms with Crippen molar-refractivity contribution in [1.29, 1.82) is 0 Å². The SMILES string of the molecule is CS1(=O)=Nc2ccc(Br)cc2C=C1. The van der Waals surface area contributed by atoms with Gasteiger partial charge in [-0.15, -0.1) is 0 Å². The zero-order valence-electron chi connectivity index (χ0n) is 7.03. The zero-order chi connectivity index (χ0) is 9.47. The number of hydrogen-bond donors (Lipinski definition) is 0. The van der Waals surface area contributed by atoms with Crippen molar-refractivity contribution < 1.29 is 4.21 Å². The van der Waals surface area contributed by atoms with Gasteiger partial charge in [0.25, 0.3) is 0 Å². The molecule has 0 saturated carbocycles. The molecule has 2 rings (SSSR count). The average Bonchev–Trinajstić information content (AvgIpc) is 2.05. The van der Waals surface area contributed by atoms with E-state index in [2.05, 4.69) is 20.3 Å². The molecule has 0 N–H and O–H groups in total. The maximum Gasteiger partial charge on any atom is 0.0806 e. The molecule has 1 atom stereocenters. The molecule has 13 heavy (non-hydrogen) atoms. The summed E-state index contributed by atoms with van der Waals surface area (Å²) < 4.78 is 16.7. The van der Waals surface area contributed by atoms with Gasteiger partial charge in [0, 0.05) is 21.7 Å². The lowest BCUT2D eigenvalue weighted by Crippen LogP contribution is -1.93. The van der Waals surface area contributed by atoms with E-state index in [4.69, 9.17) is 0 Å². The Morgan fingerprint density at radius 2 is 2.23 bits per heavy atom. The molecular weight excluding hydrogens is 250 g/mol. The van der Waals surface area contributed by atoms with Crippen LogP contribution in [0.4, 0.5) is 5.69 Å². The fourth-order valence-electron chi connectivity index (χ4n) is 1.17. The number of nitrogens with zero attached hydrogens (tertiary/aromatic N) is 1. The smallest absolute Gasteiger partial charge is 0.0806 e. The molecule has 0 saturated heterocycles. The van der Waals surface area contributed by atoms with Crippen molar-refractivity contribution in [2.45, 2.75) is 0 Å². The highest BCUT2D eigenvalue weighted by molar-refractivity contribution is 9.10. The fourth-order valence-corrected chi connectivity index (χ4v) is 2.56. The van der Waals surface area contributed by atoms with Gasteiger partial charge in [-0.3, -0.25) is 0 Å². The van der Waals surface area contributed by atoms with Crippen molar-refractivity contribution in [1.82, 2.24) is 0 Å². The minimum absolute atomic E-state index is 0.804. The topological polar surface area (TPSA) is 29.4 Å². The standard InChI is InChI=1S/C9H8BrNOS/c1-13(12)5-4-7-6-8(10)2-3-9(7)11-13/h2-6H,1H3. The molecule has 1 aliphatic heterocycles. The van der Waals surface area contributed by atoms with Crippen LogP contribution in [0.2, 0.25) is 0 Å². The minimum atomic E-state index is -2.13. The van der Waals surface area contributed by atoms with Gasteiger partial charge in [0.05, 0.1) is 15.4 Å². The van der Waals surface area contributed by atoms with E-state index in [1.54, 1.807) is 11.7 Å². The lowest BCUT2D eigenvalue weighted by atomic mass is 10.2. The third-order valence-electron chi connectivity index (χ3n) is 1.77. The van der Waals surface area contributed by atoms with Gasteiger partial charge in [-0.25, -0.2) is 4.21 Å². The second-order valence-electron chi connectivity index (χ2n) is 2.96. The molecule has 1 aromatic carbocycles. The van der Waals surface area contributed by atoms with Gasteiger partial charge < -0.3 is 0 Å². The number of rotatable bonds is 0. The Kier molecular flexibility index (Phi) is 2.04. The second-order valence-corrected chi connectivity index (χ2v) is 6.05. The molecule has 2 nitrogen and oxygen atoms in total. The van der Waals surface area contributed by atoms with Gasteiger partial charge in [-0.1, -0.05) is 15.9 Å². The average molecular weight is 258 g/mol. The lowest BCUT2D eigenvalue weighted by Gasteiger charge is -2.08. The van der Waals surface area contributed by atoms with E-state index < -0.39 is 9.73 Å². The Bertz CT molecular complexity index is 498. The number of hydrogen-bond acceptors (Lipinski definition) is 2. The summed E-state index contributed by atoms with van der Waals surface area (Å²) in [5, 5.41) is 1.65. The third-order valence-corrected chi connectivity index (χ3v) is 3.46. The fraction of sp³-hybridized carbons (Fsp3) is 0.111. The summed E-state index contributed by atoms with van der Waals surface area (Å²) in [5.41, 5.74) is 1.81. The van der Waals surface area contributed by atoms with Crippen LogP contribution in [-0.4, -0.2) is 10.5 Å². The van der Waals surface area contributed by atoms with Crippen molar-refractivity contribution in [2.75, 3.05) is 6.26 Å². The van der Waals surface area contributed by atoms with E-state index >= 15 is 0 Å². The number of halogens is 1. The summed E-state index contributed by atoms with van der Waals surface area (Å²) in [5.74, 6) is 0. The maximum atomic E-state index is 11.6. The molecule has 1 aromatic rings. The van der Waals surface area contributed by atoms with Gasteiger partial charge in [0.2, 0.25) is 0 Å². The quantitative estimate of drug-likeness (QED) is 0.702. The molecular formula is C9H8BrNOS. The first-order valence-corrected chi connectivity index (χ1v) is 6.55. The van der Waals surface area contributed by atoms with Crippen LogP contribution in [0.1, 0.15) is 5.56 Å². The summed E-state index contributed by atoms with van der Waals surface area (Å²) in [4.78, 5) is 0. The largest absolute Gasteiger partial charge is 0.245 e. The van der Waals surface area contributed by atoms with E-state index in [0.717, 1.165) is 15.7 Å². The molecule has 1 heterocycles. The van der Waals surface area contributed by atoms with Crippen molar-refractivity contribution in [3.05, 3.63) is 33.6 Å². The minimum Gasteiger partial charge on any atom is -0.245 e. The molecule has 0 amide bonds. The van der Waals surface area contributed by atoms with Crippen molar-refractivity contribution in [3.63, 3.8) is 0 Å². The molecule has 0 aromatic heterocycles. The Labute approximate surface area is 86.0 Å². The Balaban J connectivity index is 2.70. The first-order valence-electron chi connectivity index (χ1n) is 3.77. The van der Waals surface area contributed by atoms with Gasteiger partial charge in [-0.05, 0) is 24.3 Å². The van der Waals surface area contributed by atoms with E-state index in [-0.39, 0.29) is 0 Å². The van der Waals surface area contributed by atoms with Crippen LogP contribution in [0, 0.1) is 0 Å². The molecule has 68 valence electrons. The normalized spacial score (nSPS) is 25.1. The van der Waals surface area contributed by atoms with E-state index in [0.29, 0.717) is 0 Å². The van der Waals surface area contributed by atoms with Crippen molar-refractivity contribution in [3.8, 4) is 0 Å². The highest BCUT2D eigenvalue weighted by Gasteiger charge is 2.07. The molecule has 0 fully saturated rings. The molecule has 0 spiro atoms. The van der Waals surface area contributed by atoms with Crippen LogP contribution in [0.3, 0.4) is 0 Å². The predicted molar refractivity (Wildman–Crippen MR) is 59.3 cm³/mol. The molecule has 0 bridgehead atoms. The van der Waals surface area contributed by atoms with E-state index in [1.165, 1.54) is 0 Å². The molecule has 4 heteroatoms. The Morgan fingerprint density at radius 3 is 3.00 bits per heavy atom. The summed E-state index contributed by atoms with van der Waals surface area (Å²) >= 11 is 3.37.